The molecule has 3 fully saturated rings. The average molecular weight is 279 g/mol. The lowest BCUT2D eigenvalue weighted by atomic mass is 9.79. The van der Waals surface area contributed by atoms with Gasteiger partial charge in [0.25, 0.3) is 0 Å². The van der Waals surface area contributed by atoms with Crippen LogP contribution >= 0.6 is 0 Å². The predicted octanol–water partition coefficient (Wildman–Crippen LogP) is 2.60. The van der Waals surface area contributed by atoms with Crippen molar-refractivity contribution in [3.8, 4) is 0 Å². The Hall–Kier alpha value is -0.120. The third-order valence-electron chi connectivity index (χ3n) is 6.21. The Kier molecular flexibility index (Phi) is 5.00. The minimum Gasteiger partial charge on any atom is -0.329 e. The van der Waals surface area contributed by atoms with E-state index in [2.05, 4.69) is 9.80 Å². The summed E-state index contributed by atoms with van der Waals surface area (Å²) in [7, 11) is 0. The summed E-state index contributed by atoms with van der Waals surface area (Å²) >= 11 is 0. The van der Waals surface area contributed by atoms with Gasteiger partial charge in [-0.05, 0) is 51.6 Å². The van der Waals surface area contributed by atoms with E-state index in [-0.39, 0.29) is 0 Å². The van der Waals surface area contributed by atoms with Gasteiger partial charge in [-0.15, -0.1) is 0 Å². The molecule has 0 aromatic carbocycles. The fraction of sp³-hybridized carbons (Fsp3) is 1.00. The van der Waals surface area contributed by atoms with Gasteiger partial charge >= 0.3 is 0 Å². The molecule has 3 heteroatoms. The van der Waals surface area contributed by atoms with Gasteiger partial charge in [0.05, 0.1) is 0 Å². The molecule has 0 aromatic heterocycles. The molecule has 0 spiro atoms. The maximum atomic E-state index is 6.19. The van der Waals surface area contributed by atoms with E-state index in [1.54, 1.807) is 0 Å². The zero-order chi connectivity index (χ0) is 13.8. The molecule has 2 heterocycles. The van der Waals surface area contributed by atoms with Crippen molar-refractivity contribution < 1.29 is 0 Å². The molecule has 0 aromatic rings. The molecule has 0 unspecified atom stereocenters. The minimum absolute atomic E-state index is 0.366. The highest BCUT2D eigenvalue weighted by atomic mass is 15.2. The van der Waals surface area contributed by atoms with Crippen molar-refractivity contribution in [2.24, 2.45) is 5.73 Å². The first-order valence-electron chi connectivity index (χ1n) is 9.03. The summed E-state index contributed by atoms with van der Waals surface area (Å²) in [5.74, 6) is 0. The summed E-state index contributed by atoms with van der Waals surface area (Å²) in [6.45, 7) is 6.16. The highest BCUT2D eigenvalue weighted by Gasteiger charge is 2.39. The smallest absolute Gasteiger partial charge is 0.0331 e. The van der Waals surface area contributed by atoms with Crippen LogP contribution in [0.3, 0.4) is 0 Å². The molecule has 3 rings (SSSR count). The van der Waals surface area contributed by atoms with Crippen molar-refractivity contribution in [1.82, 2.24) is 9.80 Å². The van der Waals surface area contributed by atoms with Crippen LogP contribution in [0.5, 0.6) is 0 Å². The Labute approximate surface area is 124 Å². The van der Waals surface area contributed by atoms with Crippen molar-refractivity contribution in [2.45, 2.75) is 75.8 Å². The summed E-state index contributed by atoms with van der Waals surface area (Å²) in [5.41, 5.74) is 6.56. The van der Waals surface area contributed by atoms with Crippen molar-refractivity contribution >= 4 is 0 Å². The second-order valence-corrected chi connectivity index (χ2v) is 7.30. The lowest BCUT2D eigenvalue weighted by molar-refractivity contribution is 0.00878. The molecule has 116 valence electrons. The van der Waals surface area contributed by atoms with E-state index in [0.29, 0.717) is 5.54 Å². The predicted molar refractivity (Wildman–Crippen MR) is 84.9 cm³/mol. The monoisotopic (exact) mass is 279 g/mol. The van der Waals surface area contributed by atoms with E-state index in [9.17, 15) is 0 Å². The Morgan fingerprint density at radius 2 is 1.40 bits per heavy atom. The number of piperidine rings is 2. The molecule has 20 heavy (non-hydrogen) atoms. The van der Waals surface area contributed by atoms with Gasteiger partial charge in [-0.1, -0.05) is 25.7 Å². The average Bonchev–Trinajstić information content (AvgIpc) is 2.56. The number of rotatable bonds is 3. The van der Waals surface area contributed by atoms with Gasteiger partial charge in [0.2, 0.25) is 0 Å². The van der Waals surface area contributed by atoms with E-state index >= 15 is 0 Å². The molecule has 0 atom stereocenters. The largest absolute Gasteiger partial charge is 0.329 e. The van der Waals surface area contributed by atoms with E-state index in [1.165, 1.54) is 90.4 Å². The normalized spacial score (nSPS) is 30.4. The van der Waals surface area contributed by atoms with Crippen LogP contribution < -0.4 is 5.73 Å². The van der Waals surface area contributed by atoms with Gasteiger partial charge in [-0.2, -0.15) is 0 Å². The number of nitrogens with zero attached hydrogens (tertiary/aromatic N) is 2. The fourth-order valence-electron chi connectivity index (χ4n) is 4.85. The number of hydrogen-bond donors (Lipinski definition) is 1. The molecule has 3 nitrogen and oxygen atoms in total. The van der Waals surface area contributed by atoms with Crippen LogP contribution in [0.1, 0.15) is 64.2 Å². The molecular formula is C17H33N3. The molecule has 1 aliphatic carbocycles. The first-order chi connectivity index (χ1) is 9.84. The van der Waals surface area contributed by atoms with Crippen LogP contribution in [0.2, 0.25) is 0 Å². The third-order valence-corrected chi connectivity index (χ3v) is 6.21. The van der Waals surface area contributed by atoms with Crippen LogP contribution in [0.15, 0.2) is 0 Å². The van der Waals surface area contributed by atoms with Gasteiger partial charge < -0.3 is 10.6 Å². The van der Waals surface area contributed by atoms with E-state index in [0.717, 1.165) is 12.6 Å². The van der Waals surface area contributed by atoms with Gasteiger partial charge in [0, 0.05) is 31.2 Å². The maximum Gasteiger partial charge on any atom is 0.0331 e. The zero-order valence-electron chi connectivity index (χ0n) is 13.2. The van der Waals surface area contributed by atoms with Gasteiger partial charge in [-0.3, -0.25) is 4.90 Å². The lowest BCUT2D eigenvalue weighted by Crippen LogP contribution is -2.59. The van der Waals surface area contributed by atoms with E-state index in [4.69, 9.17) is 5.73 Å². The third kappa shape index (κ3) is 3.05. The highest BCUT2D eigenvalue weighted by molar-refractivity contribution is 4.97. The number of nitrogens with two attached hydrogens (primary N) is 1. The lowest BCUT2D eigenvalue weighted by Gasteiger charge is -2.50. The van der Waals surface area contributed by atoms with Crippen LogP contribution in [-0.4, -0.2) is 54.1 Å². The minimum atomic E-state index is 0.366. The number of likely N-dealkylation sites (tertiary alicyclic amines) is 2. The van der Waals surface area contributed by atoms with E-state index < -0.39 is 0 Å². The second kappa shape index (κ2) is 6.76. The summed E-state index contributed by atoms with van der Waals surface area (Å²) < 4.78 is 0. The molecular weight excluding hydrogens is 246 g/mol. The Bertz CT molecular complexity index is 285. The molecule has 1 saturated carbocycles. The van der Waals surface area contributed by atoms with Crippen molar-refractivity contribution in [3.05, 3.63) is 0 Å². The van der Waals surface area contributed by atoms with Crippen molar-refractivity contribution in [3.63, 3.8) is 0 Å². The van der Waals surface area contributed by atoms with Crippen molar-refractivity contribution in [1.29, 1.82) is 0 Å². The molecule has 2 aliphatic heterocycles. The molecule has 2 saturated heterocycles. The Balaban J connectivity index is 1.54. The summed E-state index contributed by atoms with van der Waals surface area (Å²) in [5, 5.41) is 0. The van der Waals surface area contributed by atoms with Crippen LogP contribution in [0, 0.1) is 0 Å². The van der Waals surface area contributed by atoms with Gasteiger partial charge in [0.15, 0.2) is 0 Å². The molecule has 0 amide bonds. The first kappa shape index (κ1) is 14.8. The van der Waals surface area contributed by atoms with Crippen molar-refractivity contribution in [2.75, 3.05) is 32.7 Å². The number of hydrogen-bond acceptors (Lipinski definition) is 3. The standard InChI is InChI=1S/C17H33N3/c18-15-17(9-3-1-4-10-17)20-13-7-16(8-14-20)19-11-5-2-6-12-19/h16H,1-15,18H2. The molecule has 3 aliphatic rings. The van der Waals surface area contributed by atoms with Gasteiger partial charge in [0.1, 0.15) is 0 Å². The second-order valence-electron chi connectivity index (χ2n) is 7.30. The fourth-order valence-corrected chi connectivity index (χ4v) is 4.85. The quantitative estimate of drug-likeness (QED) is 0.862. The van der Waals surface area contributed by atoms with Crippen LogP contribution in [0.25, 0.3) is 0 Å². The molecule has 2 N–H and O–H groups in total. The first-order valence-corrected chi connectivity index (χ1v) is 9.03. The SMILES string of the molecule is NCC1(N2CCC(N3CCCCC3)CC2)CCCCC1. The highest BCUT2D eigenvalue weighted by Crippen LogP contribution is 2.35. The molecule has 0 radical (unpaired) electrons. The van der Waals surface area contributed by atoms with Gasteiger partial charge in [-0.25, -0.2) is 0 Å². The van der Waals surface area contributed by atoms with E-state index in [1.807, 2.05) is 0 Å². The summed E-state index contributed by atoms with van der Waals surface area (Å²) in [6.07, 6.45) is 13.9. The maximum absolute atomic E-state index is 6.19. The van der Waals surface area contributed by atoms with Crippen LogP contribution in [-0.2, 0) is 0 Å². The van der Waals surface area contributed by atoms with Crippen LogP contribution in [0.4, 0.5) is 0 Å². The summed E-state index contributed by atoms with van der Waals surface area (Å²) in [6, 6.07) is 0.866. The Morgan fingerprint density at radius 1 is 0.800 bits per heavy atom. The summed E-state index contributed by atoms with van der Waals surface area (Å²) in [4.78, 5) is 5.55. The molecule has 0 bridgehead atoms. The Morgan fingerprint density at radius 3 is 2.00 bits per heavy atom. The zero-order valence-corrected chi connectivity index (χ0v) is 13.2. The topological polar surface area (TPSA) is 32.5 Å².